The number of nitrogens with zero attached hydrogens (tertiary/aromatic N) is 2. The molecule has 0 amide bonds. The number of pyridine rings is 1. The molecule has 3 aromatic carbocycles. The van der Waals surface area contributed by atoms with E-state index in [-0.39, 0.29) is 11.2 Å². The summed E-state index contributed by atoms with van der Waals surface area (Å²) in [5.74, 6) is 0.250. The van der Waals surface area contributed by atoms with Crippen LogP contribution in [-0.4, -0.2) is 15.1 Å². The van der Waals surface area contributed by atoms with Crippen LogP contribution < -0.4 is 0 Å². The Balaban J connectivity index is 1.61. The fourth-order valence-corrected chi connectivity index (χ4v) is 4.88. The van der Waals surface area contributed by atoms with Gasteiger partial charge in [0.05, 0.1) is 21.5 Å². The number of aromatic hydroxyl groups is 1. The Bertz CT molecular complexity index is 1430. The van der Waals surface area contributed by atoms with Gasteiger partial charge in [-0.25, -0.2) is 4.98 Å². The number of hydrogen-bond acceptors (Lipinski definition) is 4. The number of aromatic nitrogens is 2. The largest absolute Gasteiger partial charge is 0.507 e. The molecule has 0 aliphatic heterocycles. The summed E-state index contributed by atoms with van der Waals surface area (Å²) in [7, 11) is 0. The highest BCUT2D eigenvalue weighted by atomic mass is 32.1. The van der Waals surface area contributed by atoms with Gasteiger partial charge in [-0.05, 0) is 52.9 Å². The van der Waals surface area contributed by atoms with Crippen molar-refractivity contribution < 1.29 is 5.11 Å². The van der Waals surface area contributed by atoms with Gasteiger partial charge in [-0.2, -0.15) is 0 Å². The highest BCUT2D eigenvalue weighted by Crippen LogP contribution is 2.39. The summed E-state index contributed by atoms with van der Waals surface area (Å²) in [6, 6.07) is 26.3. The van der Waals surface area contributed by atoms with Crippen LogP contribution in [0.5, 0.6) is 5.75 Å². The molecule has 5 aromatic rings. The van der Waals surface area contributed by atoms with Gasteiger partial charge in [0, 0.05) is 17.3 Å². The van der Waals surface area contributed by atoms with Crippen molar-refractivity contribution in [1.29, 1.82) is 0 Å². The summed E-state index contributed by atoms with van der Waals surface area (Å²) in [4.78, 5) is 9.54. The minimum atomic E-state index is 0.0703. The molecule has 0 aliphatic rings. The average molecular weight is 437 g/mol. The first kappa shape index (κ1) is 20.4. The Morgan fingerprint density at radius 2 is 1.53 bits per heavy atom. The lowest BCUT2D eigenvalue weighted by Gasteiger charge is -2.19. The maximum atomic E-state index is 10.3. The lowest BCUT2D eigenvalue weighted by atomic mass is 9.87. The molecule has 32 heavy (non-hydrogen) atoms. The Labute approximate surface area is 192 Å². The van der Waals surface area contributed by atoms with Crippen molar-refractivity contribution in [2.24, 2.45) is 0 Å². The summed E-state index contributed by atoms with van der Waals surface area (Å²) in [5, 5.41) is 11.1. The molecule has 3 nitrogen and oxygen atoms in total. The van der Waals surface area contributed by atoms with Crippen LogP contribution in [0.3, 0.4) is 0 Å². The van der Waals surface area contributed by atoms with Crippen LogP contribution in [-0.2, 0) is 5.41 Å². The quantitative estimate of drug-likeness (QED) is 0.315. The molecule has 0 fully saturated rings. The van der Waals surface area contributed by atoms with E-state index in [2.05, 4.69) is 80.4 Å². The maximum absolute atomic E-state index is 10.3. The minimum absolute atomic E-state index is 0.0703. The Kier molecular flexibility index (Phi) is 5.03. The average Bonchev–Trinajstić information content (AvgIpc) is 3.23. The van der Waals surface area contributed by atoms with Gasteiger partial charge in [0.15, 0.2) is 0 Å². The number of phenolic OH excluding ortho intramolecular Hbond substituents is 1. The van der Waals surface area contributed by atoms with E-state index < -0.39 is 0 Å². The zero-order valence-electron chi connectivity index (χ0n) is 18.3. The molecule has 0 saturated carbocycles. The van der Waals surface area contributed by atoms with E-state index in [4.69, 9.17) is 4.98 Å². The number of thiazole rings is 1. The van der Waals surface area contributed by atoms with E-state index in [0.717, 1.165) is 43.2 Å². The first-order valence-electron chi connectivity index (χ1n) is 10.7. The molecule has 0 aliphatic carbocycles. The molecule has 5 rings (SSSR count). The molecular weight excluding hydrogens is 412 g/mol. The Morgan fingerprint density at radius 1 is 0.781 bits per heavy atom. The second kappa shape index (κ2) is 7.88. The van der Waals surface area contributed by atoms with E-state index in [0.29, 0.717) is 0 Å². The molecule has 0 radical (unpaired) electrons. The normalized spacial score (nSPS) is 11.7. The van der Waals surface area contributed by atoms with Gasteiger partial charge >= 0.3 is 0 Å². The third-order valence-corrected chi connectivity index (χ3v) is 6.70. The summed E-state index contributed by atoms with van der Waals surface area (Å²) < 4.78 is 1.10. The van der Waals surface area contributed by atoms with Crippen molar-refractivity contribution in [1.82, 2.24) is 9.97 Å². The zero-order valence-corrected chi connectivity index (χ0v) is 19.1. The second-order valence-electron chi connectivity index (χ2n) is 8.95. The van der Waals surface area contributed by atoms with Crippen molar-refractivity contribution in [2.75, 3.05) is 0 Å². The summed E-state index contributed by atoms with van der Waals surface area (Å²) in [6.45, 7) is 6.65. The Morgan fingerprint density at radius 3 is 2.34 bits per heavy atom. The fraction of sp³-hybridized carbons (Fsp3) is 0.143. The monoisotopic (exact) mass is 436 g/mol. The van der Waals surface area contributed by atoms with E-state index in [1.54, 1.807) is 17.4 Å². The van der Waals surface area contributed by atoms with Crippen LogP contribution in [0.4, 0.5) is 0 Å². The molecule has 0 unspecified atom stereocenters. The minimum Gasteiger partial charge on any atom is -0.507 e. The van der Waals surface area contributed by atoms with Crippen LogP contribution in [0.25, 0.3) is 43.2 Å². The van der Waals surface area contributed by atoms with Crippen LogP contribution in [0.1, 0.15) is 26.3 Å². The molecule has 4 heteroatoms. The first-order chi connectivity index (χ1) is 15.4. The molecule has 0 spiro atoms. The predicted molar refractivity (Wildman–Crippen MR) is 134 cm³/mol. The third-order valence-electron chi connectivity index (χ3n) is 5.65. The van der Waals surface area contributed by atoms with Crippen LogP contribution in [0.2, 0.25) is 0 Å². The molecule has 0 bridgehead atoms. The number of para-hydroxylation sites is 2. The second-order valence-corrected chi connectivity index (χ2v) is 9.98. The van der Waals surface area contributed by atoms with Crippen molar-refractivity contribution in [3.63, 3.8) is 0 Å². The topological polar surface area (TPSA) is 46.0 Å². The lowest BCUT2D eigenvalue weighted by molar-refractivity contribution is 0.477. The molecule has 0 saturated heterocycles. The third kappa shape index (κ3) is 3.78. The standard InChI is InChI=1S/C28H24N2OS/c1-28(2,3)20-14-15-29-23(17-20)19-9-6-8-18(16-19)21-11-7-13-25-26(21)30-27(32-25)22-10-4-5-12-24(22)31/h4-17,31H,1-3H3. The molecule has 158 valence electrons. The maximum Gasteiger partial charge on any atom is 0.128 e. The van der Waals surface area contributed by atoms with Crippen LogP contribution in [0.15, 0.2) is 85.1 Å². The van der Waals surface area contributed by atoms with Crippen LogP contribution in [0, 0.1) is 0 Å². The van der Waals surface area contributed by atoms with E-state index in [1.807, 2.05) is 24.4 Å². The van der Waals surface area contributed by atoms with Crippen molar-refractivity contribution >= 4 is 21.6 Å². The number of benzene rings is 3. The van der Waals surface area contributed by atoms with E-state index >= 15 is 0 Å². The molecule has 1 N–H and O–H groups in total. The number of fused-ring (bicyclic) bond motifs is 1. The predicted octanol–water partition coefficient (Wildman–Crippen LogP) is 7.70. The fourth-order valence-electron chi connectivity index (χ4n) is 3.85. The first-order valence-corrected chi connectivity index (χ1v) is 11.5. The molecular formula is C28H24N2OS. The number of rotatable bonds is 3. The van der Waals surface area contributed by atoms with Crippen molar-refractivity contribution in [3.05, 3.63) is 90.6 Å². The van der Waals surface area contributed by atoms with Crippen molar-refractivity contribution in [2.45, 2.75) is 26.2 Å². The molecule has 2 heterocycles. The van der Waals surface area contributed by atoms with Crippen LogP contribution >= 0.6 is 11.3 Å². The highest BCUT2D eigenvalue weighted by molar-refractivity contribution is 7.21. The van der Waals surface area contributed by atoms with E-state index in [9.17, 15) is 5.11 Å². The van der Waals surface area contributed by atoms with Gasteiger partial charge in [0.25, 0.3) is 0 Å². The van der Waals surface area contributed by atoms with Gasteiger partial charge in [-0.1, -0.05) is 63.2 Å². The summed E-state index contributed by atoms with van der Waals surface area (Å²) >= 11 is 1.60. The van der Waals surface area contributed by atoms with Crippen molar-refractivity contribution in [3.8, 4) is 38.7 Å². The van der Waals surface area contributed by atoms with Gasteiger partial charge < -0.3 is 5.11 Å². The van der Waals surface area contributed by atoms with E-state index in [1.165, 1.54) is 5.56 Å². The molecule has 2 aromatic heterocycles. The SMILES string of the molecule is CC(C)(C)c1ccnc(-c2cccc(-c3cccc4sc(-c5ccccc5O)nc34)c2)c1. The number of phenols is 1. The molecule has 0 atom stereocenters. The van der Waals surface area contributed by atoms with Gasteiger partial charge in [-0.15, -0.1) is 11.3 Å². The highest BCUT2D eigenvalue weighted by Gasteiger charge is 2.16. The van der Waals surface area contributed by atoms with Gasteiger partial charge in [0.1, 0.15) is 10.8 Å². The van der Waals surface area contributed by atoms with Gasteiger partial charge in [0.2, 0.25) is 0 Å². The lowest BCUT2D eigenvalue weighted by Crippen LogP contribution is -2.11. The Hall–Kier alpha value is -3.50. The summed E-state index contributed by atoms with van der Waals surface area (Å²) in [6.07, 6.45) is 1.89. The number of hydrogen-bond donors (Lipinski definition) is 1. The van der Waals surface area contributed by atoms with Gasteiger partial charge in [-0.3, -0.25) is 4.98 Å². The summed E-state index contributed by atoms with van der Waals surface area (Å²) in [5.41, 5.74) is 7.28. The zero-order chi connectivity index (χ0) is 22.3. The smallest absolute Gasteiger partial charge is 0.128 e.